The number of halogens is 5. The minimum absolute atomic E-state index is 0.256. The number of benzene rings is 2. The molecule has 1 amide bonds. The molecule has 2 aliphatic heterocycles. The molecule has 2 aliphatic rings. The molecule has 216 valence electrons. The van der Waals surface area contributed by atoms with Crippen LogP contribution in [0.25, 0.3) is 5.57 Å². The van der Waals surface area contributed by atoms with E-state index in [-0.39, 0.29) is 19.2 Å². The number of Topliss-reactive ketones (excluding diaryl/α,β-unsaturated/α-hetero) is 1. The summed E-state index contributed by atoms with van der Waals surface area (Å²) in [5.41, 5.74) is -1.31. The zero-order valence-electron chi connectivity index (χ0n) is 22.7. The first-order chi connectivity index (χ1) is 18.7. The first-order valence-corrected chi connectivity index (χ1v) is 13.1. The predicted octanol–water partition coefficient (Wildman–Crippen LogP) is 6.06. The Balaban J connectivity index is 1.61. The average Bonchev–Trinajstić information content (AvgIpc) is 2.87. The summed E-state index contributed by atoms with van der Waals surface area (Å²) in [4.78, 5) is 29.1. The quantitative estimate of drug-likeness (QED) is 0.353. The van der Waals surface area contributed by atoms with E-state index in [0.29, 0.717) is 36.8 Å². The molecule has 1 N–H and O–H groups in total. The van der Waals surface area contributed by atoms with E-state index in [1.807, 2.05) is 4.90 Å². The molecule has 4 rings (SSSR count). The minimum atomic E-state index is -4.91. The van der Waals surface area contributed by atoms with E-state index >= 15 is 0 Å². The van der Waals surface area contributed by atoms with Crippen LogP contribution in [0.3, 0.4) is 0 Å². The molecular weight excluding hydrogens is 533 g/mol. The van der Waals surface area contributed by atoms with Crippen molar-refractivity contribution < 1.29 is 36.3 Å². The molecule has 11 heteroatoms. The second-order valence-electron chi connectivity index (χ2n) is 10.8. The molecule has 0 aromatic heterocycles. The highest BCUT2D eigenvalue weighted by atomic mass is 19.4. The number of ether oxygens (including phenoxy) is 1. The van der Waals surface area contributed by atoms with Crippen LogP contribution in [0.4, 0.5) is 32.4 Å². The fourth-order valence-corrected chi connectivity index (χ4v) is 5.29. The van der Waals surface area contributed by atoms with Crippen LogP contribution in [0.5, 0.6) is 0 Å². The molecule has 2 aromatic rings. The lowest BCUT2D eigenvalue weighted by molar-refractivity contribution is -0.138. The zero-order valence-corrected chi connectivity index (χ0v) is 22.7. The summed E-state index contributed by atoms with van der Waals surface area (Å²) >= 11 is 0. The van der Waals surface area contributed by atoms with Crippen molar-refractivity contribution in [2.75, 3.05) is 31.1 Å². The second kappa shape index (κ2) is 11.2. The van der Waals surface area contributed by atoms with Gasteiger partial charge >= 0.3 is 12.3 Å². The van der Waals surface area contributed by atoms with E-state index in [1.165, 1.54) is 11.0 Å². The molecule has 0 aliphatic carbocycles. The number of nitrogens with one attached hydrogen (secondary N) is 1. The number of carbonyl (C=O) groups excluding carboxylic acids is 2. The minimum Gasteiger partial charge on any atom is -0.447 e. The third-order valence-corrected chi connectivity index (χ3v) is 7.31. The summed E-state index contributed by atoms with van der Waals surface area (Å²) in [6, 6.07) is 5.53. The van der Waals surface area contributed by atoms with Gasteiger partial charge in [-0.3, -0.25) is 4.79 Å². The molecule has 6 nitrogen and oxygen atoms in total. The van der Waals surface area contributed by atoms with Gasteiger partial charge in [0.15, 0.2) is 5.78 Å². The number of hydrogen-bond donors (Lipinski definition) is 1. The van der Waals surface area contributed by atoms with Crippen molar-refractivity contribution in [2.45, 2.75) is 58.0 Å². The van der Waals surface area contributed by atoms with E-state index in [1.54, 1.807) is 45.9 Å². The highest BCUT2D eigenvalue weighted by Gasteiger charge is 2.45. The summed E-state index contributed by atoms with van der Waals surface area (Å²) in [5, 5.41) is 3.03. The van der Waals surface area contributed by atoms with Crippen LogP contribution in [0.2, 0.25) is 0 Å². The Morgan fingerprint density at radius 1 is 1.07 bits per heavy atom. The van der Waals surface area contributed by atoms with Gasteiger partial charge in [-0.1, -0.05) is 6.08 Å². The van der Waals surface area contributed by atoms with Crippen LogP contribution in [-0.4, -0.2) is 60.6 Å². The largest absolute Gasteiger partial charge is 0.447 e. The first kappa shape index (κ1) is 29.5. The van der Waals surface area contributed by atoms with Crippen molar-refractivity contribution in [1.82, 2.24) is 10.2 Å². The van der Waals surface area contributed by atoms with Crippen LogP contribution in [0.15, 0.2) is 42.5 Å². The number of ketones is 1. The van der Waals surface area contributed by atoms with Crippen molar-refractivity contribution in [2.24, 2.45) is 0 Å². The molecular formula is C29H32F5N3O3. The molecule has 1 fully saturated rings. The lowest BCUT2D eigenvalue weighted by Crippen LogP contribution is -2.67. The number of alkyl halides is 3. The summed E-state index contributed by atoms with van der Waals surface area (Å²) in [7, 11) is 0. The molecule has 1 saturated heterocycles. The number of amides is 1. The maximum absolute atomic E-state index is 15.0. The Bertz CT molecular complexity index is 1320. The van der Waals surface area contributed by atoms with Crippen molar-refractivity contribution in [1.29, 1.82) is 0 Å². The number of nitrogens with zero attached hydrogens (tertiary/aromatic N) is 2. The average molecular weight is 566 g/mol. The van der Waals surface area contributed by atoms with E-state index in [9.17, 15) is 31.5 Å². The molecule has 0 saturated carbocycles. The first-order valence-electron chi connectivity index (χ1n) is 13.1. The lowest BCUT2D eigenvalue weighted by atomic mass is 9.83. The SMILES string of the molecule is CC(C)OC(=O)N1CC=C(c2cc(N3CCNC(C(=O)c4ccc(F)cc4C(F)(F)F)C3(C)C)ccc2F)CC1. The Morgan fingerprint density at radius 2 is 1.80 bits per heavy atom. The van der Waals surface area contributed by atoms with Crippen molar-refractivity contribution in [3.05, 3.63) is 70.8 Å². The van der Waals surface area contributed by atoms with E-state index in [2.05, 4.69) is 5.32 Å². The van der Waals surface area contributed by atoms with Gasteiger partial charge in [-0.15, -0.1) is 0 Å². The third kappa shape index (κ3) is 5.99. The summed E-state index contributed by atoms with van der Waals surface area (Å²) < 4.78 is 74.8. The van der Waals surface area contributed by atoms with Gasteiger partial charge in [-0.2, -0.15) is 13.2 Å². The van der Waals surface area contributed by atoms with Crippen LogP contribution < -0.4 is 10.2 Å². The van der Waals surface area contributed by atoms with Crippen LogP contribution in [0.1, 0.15) is 55.6 Å². The molecule has 0 radical (unpaired) electrons. The van der Waals surface area contributed by atoms with Gasteiger partial charge < -0.3 is 19.9 Å². The zero-order chi connectivity index (χ0) is 29.4. The molecule has 40 heavy (non-hydrogen) atoms. The van der Waals surface area contributed by atoms with Crippen LogP contribution >= 0.6 is 0 Å². The summed E-state index contributed by atoms with van der Waals surface area (Å²) in [6.07, 6.45) is -3.42. The van der Waals surface area contributed by atoms with Gasteiger partial charge in [0.25, 0.3) is 0 Å². The number of anilines is 1. The number of piperazine rings is 1. The van der Waals surface area contributed by atoms with Crippen molar-refractivity contribution in [3.8, 4) is 0 Å². The van der Waals surface area contributed by atoms with Gasteiger partial charge in [-0.25, -0.2) is 13.6 Å². The van der Waals surface area contributed by atoms with Gasteiger partial charge in [0.2, 0.25) is 0 Å². The molecule has 1 unspecified atom stereocenters. The van der Waals surface area contributed by atoms with Gasteiger partial charge in [-0.05, 0) is 76.1 Å². The van der Waals surface area contributed by atoms with Gasteiger partial charge in [0, 0.05) is 43.0 Å². The molecule has 0 bridgehead atoms. The predicted molar refractivity (Wildman–Crippen MR) is 141 cm³/mol. The lowest BCUT2D eigenvalue weighted by Gasteiger charge is -2.49. The molecule has 2 heterocycles. The second-order valence-corrected chi connectivity index (χ2v) is 10.8. The Morgan fingerprint density at radius 3 is 2.42 bits per heavy atom. The van der Waals surface area contributed by atoms with Crippen LogP contribution in [0, 0.1) is 11.6 Å². The molecule has 1 atom stereocenters. The monoisotopic (exact) mass is 565 g/mol. The maximum atomic E-state index is 15.0. The van der Waals surface area contributed by atoms with Crippen LogP contribution in [-0.2, 0) is 10.9 Å². The summed E-state index contributed by atoms with van der Waals surface area (Å²) in [5.74, 6) is -2.35. The molecule has 2 aromatic carbocycles. The Hall–Kier alpha value is -3.47. The third-order valence-electron chi connectivity index (χ3n) is 7.31. The molecule has 0 spiro atoms. The Kier molecular flexibility index (Phi) is 8.26. The normalized spacial score (nSPS) is 19.4. The number of carbonyl (C=O) groups is 2. The standard InChI is InChI=1S/C29H32F5N3O3/c1-17(2)40-27(39)36-12-9-18(10-13-36)22-16-20(6-8-24(22)31)37-14-11-35-26(28(37,3)4)25(38)21-7-5-19(30)15-23(21)29(32,33)34/h5-9,15-17,26,35H,10-14H2,1-4H3. The van der Waals surface area contributed by atoms with Crippen molar-refractivity contribution in [3.63, 3.8) is 0 Å². The number of hydrogen-bond acceptors (Lipinski definition) is 5. The highest BCUT2D eigenvalue weighted by molar-refractivity contribution is 6.03. The van der Waals surface area contributed by atoms with Gasteiger partial charge in [0.1, 0.15) is 11.6 Å². The maximum Gasteiger partial charge on any atom is 0.417 e. The topological polar surface area (TPSA) is 61.9 Å². The smallest absolute Gasteiger partial charge is 0.417 e. The summed E-state index contributed by atoms with van der Waals surface area (Å²) in [6.45, 7) is 8.27. The highest BCUT2D eigenvalue weighted by Crippen LogP contribution is 2.37. The van der Waals surface area contributed by atoms with E-state index < -0.39 is 52.4 Å². The van der Waals surface area contributed by atoms with Gasteiger partial charge in [0.05, 0.1) is 23.2 Å². The fraction of sp³-hybridized carbons (Fsp3) is 0.448. The fourth-order valence-electron chi connectivity index (χ4n) is 5.29. The Labute approximate surface area is 229 Å². The van der Waals surface area contributed by atoms with Crippen molar-refractivity contribution >= 4 is 23.1 Å². The van der Waals surface area contributed by atoms with E-state index in [4.69, 9.17) is 4.74 Å². The van der Waals surface area contributed by atoms with E-state index in [0.717, 1.165) is 17.7 Å². The number of rotatable bonds is 5.